The smallest absolute Gasteiger partial charge is 0.261 e. The number of carbonyl (C=O) groups is 2. The summed E-state index contributed by atoms with van der Waals surface area (Å²) in [6, 6.07) is 17.7. The highest BCUT2D eigenvalue weighted by Gasteiger charge is 2.31. The van der Waals surface area contributed by atoms with E-state index in [0.29, 0.717) is 34.3 Å². The summed E-state index contributed by atoms with van der Waals surface area (Å²) >= 11 is 16.4. The predicted molar refractivity (Wildman–Crippen MR) is 149 cm³/mol. The molecular formula is C28H29BrCl2N2O3. The fourth-order valence-electron chi connectivity index (χ4n) is 3.92. The van der Waals surface area contributed by atoms with Crippen LogP contribution < -0.4 is 10.1 Å². The lowest BCUT2D eigenvalue weighted by molar-refractivity contribution is -0.142. The molecule has 0 unspecified atom stereocenters. The van der Waals surface area contributed by atoms with Crippen molar-refractivity contribution in [2.24, 2.45) is 0 Å². The number of likely N-dealkylation sites (N-methyl/N-ethyl adjacent to an activating group) is 1. The van der Waals surface area contributed by atoms with Gasteiger partial charge in [-0.1, -0.05) is 75.5 Å². The fourth-order valence-corrected chi connectivity index (χ4v) is 4.66. The van der Waals surface area contributed by atoms with Gasteiger partial charge in [0.15, 0.2) is 6.61 Å². The summed E-state index contributed by atoms with van der Waals surface area (Å²) < 4.78 is 6.89. The van der Waals surface area contributed by atoms with Crippen LogP contribution in [0.5, 0.6) is 5.75 Å². The summed E-state index contributed by atoms with van der Waals surface area (Å²) in [6.07, 6.45) is 0.330. The topological polar surface area (TPSA) is 58.6 Å². The minimum absolute atomic E-state index is 0.0632. The van der Waals surface area contributed by atoms with Crippen molar-refractivity contribution in [2.75, 3.05) is 13.2 Å². The number of aryl methyl sites for hydroxylation is 2. The molecule has 0 saturated carbocycles. The van der Waals surface area contributed by atoms with E-state index in [1.165, 1.54) is 4.90 Å². The molecule has 8 heteroatoms. The molecule has 190 valence electrons. The monoisotopic (exact) mass is 590 g/mol. The number of amides is 2. The number of halogens is 3. The molecule has 0 aromatic heterocycles. The third-order valence-electron chi connectivity index (χ3n) is 5.78. The van der Waals surface area contributed by atoms with E-state index >= 15 is 0 Å². The molecule has 0 saturated heterocycles. The quantitative estimate of drug-likeness (QED) is 0.292. The first-order valence-corrected chi connectivity index (χ1v) is 13.2. The molecule has 3 rings (SSSR count). The molecule has 0 bridgehead atoms. The Balaban J connectivity index is 1.95. The van der Waals surface area contributed by atoms with Gasteiger partial charge in [0.1, 0.15) is 11.8 Å². The first-order chi connectivity index (χ1) is 17.2. The van der Waals surface area contributed by atoms with Gasteiger partial charge in [0.05, 0.1) is 0 Å². The third kappa shape index (κ3) is 7.25. The zero-order chi connectivity index (χ0) is 26.2. The van der Waals surface area contributed by atoms with Crippen molar-refractivity contribution in [3.8, 4) is 5.75 Å². The van der Waals surface area contributed by atoms with E-state index in [-0.39, 0.29) is 25.0 Å². The molecule has 3 aromatic carbocycles. The molecule has 0 radical (unpaired) electrons. The van der Waals surface area contributed by atoms with Crippen LogP contribution in [0.1, 0.15) is 29.2 Å². The molecule has 0 aliphatic heterocycles. The van der Waals surface area contributed by atoms with E-state index in [1.807, 2.05) is 63.2 Å². The maximum atomic E-state index is 13.6. The van der Waals surface area contributed by atoms with Gasteiger partial charge < -0.3 is 15.0 Å². The number of carbonyl (C=O) groups excluding carboxylic acids is 2. The minimum Gasteiger partial charge on any atom is -0.484 e. The second-order valence-corrected chi connectivity index (χ2v) is 10.1. The second-order valence-electron chi connectivity index (χ2n) is 8.48. The highest BCUT2D eigenvalue weighted by atomic mass is 79.9. The number of nitrogens with one attached hydrogen (secondary N) is 1. The van der Waals surface area contributed by atoms with Crippen molar-refractivity contribution < 1.29 is 14.3 Å². The second kappa shape index (κ2) is 13.1. The highest BCUT2D eigenvalue weighted by molar-refractivity contribution is 9.10. The Bertz CT molecular complexity index is 1180. The Labute approximate surface area is 230 Å². The lowest BCUT2D eigenvalue weighted by atomic mass is 10.0. The number of nitrogens with zero attached hydrogens (tertiary/aromatic N) is 1. The van der Waals surface area contributed by atoms with E-state index in [1.54, 1.807) is 18.2 Å². The highest BCUT2D eigenvalue weighted by Crippen LogP contribution is 2.28. The van der Waals surface area contributed by atoms with Crippen molar-refractivity contribution in [2.45, 2.75) is 39.8 Å². The van der Waals surface area contributed by atoms with Crippen molar-refractivity contribution in [3.63, 3.8) is 0 Å². The van der Waals surface area contributed by atoms with Crippen LogP contribution in [0, 0.1) is 13.8 Å². The first-order valence-electron chi connectivity index (χ1n) is 11.6. The molecule has 0 spiro atoms. The Morgan fingerprint density at radius 2 is 1.61 bits per heavy atom. The third-order valence-corrected chi connectivity index (χ3v) is 7.74. The van der Waals surface area contributed by atoms with Crippen molar-refractivity contribution in [3.05, 3.63) is 97.4 Å². The molecular weight excluding hydrogens is 563 g/mol. The van der Waals surface area contributed by atoms with E-state index in [2.05, 4.69) is 21.2 Å². The van der Waals surface area contributed by atoms with Gasteiger partial charge in [-0.05, 0) is 61.7 Å². The zero-order valence-electron chi connectivity index (χ0n) is 20.5. The van der Waals surface area contributed by atoms with Crippen LogP contribution in [0.15, 0.2) is 65.1 Å². The molecule has 1 N–H and O–H groups in total. The van der Waals surface area contributed by atoms with E-state index in [0.717, 1.165) is 21.2 Å². The number of rotatable bonds is 10. The van der Waals surface area contributed by atoms with Crippen LogP contribution in [-0.2, 0) is 22.6 Å². The standard InChI is InChI=1S/C28H29BrCl2N2O3/c1-4-32-28(35)25(15-20-9-6-5-7-10-20)33(16-22-23(30)11-8-12-24(22)31)26(34)17-36-21-13-18(2)27(29)19(3)14-21/h5-14,25H,4,15-17H2,1-3H3,(H,32,35)/t25-/m1/s1. The van der Waals surface area contributed by atoms with Crippen LogP contribution >= 0.6 is 39.1 Å². The number of hydrogen-bond donors (Lipinski definition) is 1. The Hall–Kier alpha value is -2.54. The van der Waals surface area contributed by atoms with Crippen molar-refractivity contribution in [1.29, 1.82) is 0 Å². The van der Waals surface area contributed by atoms with Gasteiger partial charge >= 0.3 is 0 Å². The molecule has 0 heterocycles. The van der Waals surface area contributed by atoms with Gasteiger partial charge in [-0.15, -0.1) is 0 Å². The molecule has 1 atom stereocenters. The van der Waals surface area contributed by atoms with E-state index < -0.39 is 6.04 Å². The molecule has 0 aliphatic carbocycles. The van der Waals surface area contributed by atoms with Crippen LogP contribution in [0.25, 0.3) is 0 Å². The normalized spacial score (nSPS) is 11.6. The Morgan fingerprint density at radius 3 is 2.19 bits per heavy atom. The number of hydrogen-bond acceptors (Lipinski definition) is 3. The van der Waals surface area contributed by atoms with Gasteiger partial charge in [-0.2, -0.15) is 0 Å². The van der Waals surface area contributed by atoms with Gasteiger partial charge in [0.25, 0.3) is 5.91 Å². The van der Waals surface area contributed by atoms with E-state index in [9.17, 15) is 9.59 Å². The summed E-state index contributed by atoms with van der Waals surface area (Å²) in [5.41, 5.74) is 3.51. The van der Waals surface area contributed by atoms with Crippen LogP contribution in [-0.4, -0.2) is 35.9 Å². The number of ether oxygens (including phenoxy) is 1. The molecule has 0 fully saturated rings. The maximum absolute atomic E-state index is 13.6. The van der Waals surface area contributed by atoms with Crippen molar-refractivity contribution in [1.82, 2.24) is 10.2 Å². The van der Waals surface area contributed by atoms with Gasteiger partial charge in [-0.25, -0.2) is 0 Å². The summed E-state index contributed by atoms with van der Waals surface area (Å²) in [7, 11) is 0. The fraction of sp³-hybridized carbons (Fsp3) is 0.286. The van der Waals surface area contributed by atoms with Crippen molar-refractivity contribution >= 4 is 50.9 Å². The maximum Gasteiger partial charge on any atom is 0.261 e. The Kier molecular flexibility index (Phi) is 10.2. The van der Waals surface area contributed by atoms with Gasteiger partial charge in [0.2, 0.25) is 5.91 Å². The molecule has 3 aromatic rings. The summed E-state index contributed by atoms with van der Waals surface area (Å²) in [6.45, 7) is 6.02. The molecule has 2 amide bonds. The summed E-state index contributed by atoms with van der Waals surface area (Å²) in [4.78, 5) is 28.4. The van der Waals surface area contributed by atoms with Crippen LogP contribution in [0.4, 0.5) is 0 Å². The predicted octanol–water partition coefficient (Wildman–Crippen LogP) is 6.53. The lowest BCUT2D eigenvalue weighted by Gasteiger charge is -2.32. The minimum atomic E-state index is -0.788. The van der Waals surface area contributed by atoms with Crippen LogP contribution in [0.3, 0.4) is 0 Å². The molecule has 0 aliphatic rings. The molecule has 5 nitrogen and oxygen atoms in total. The average molecular weight is 592 g/mol. The zero-order valence-corrected chi connectivity index (χ0v) is 23.6. The summed E-state index contributed by atoms with van der Waals surface area (Å²) in [5, 5.41) is 3.72. The van der Waals surface area contributed by atoms with Crippen LogP contribution in [0.2, 0.25) is 10.0 Å². The van der Waals surface area contributed by atoms with Gasteiger partial charge in [0, 0.05) is 39.6 Å². The number of benzene rings is 3. The average Bonchev–Trinajstić information content (AvgIpc) is 2.85. The first kappa shape index (κ1) is 28.0. The SMILES string of the molecule is CCNC(=O)[C@@H](Cc1ccccc1)N(Cc1c(Cl)cccc1Cl)C(=O)COc1cc(C)c(Br)c(C)c1. The lowest BCUT2D eigenvalue weighted by Crippen LogP contribution is -2.51. The summed E-state index contributed by atoms with van der Waals surface area (Å²) in [5.74, 6) is -0.0282. The Morgan fingerprint density at radius 1 is 1.00 bits per heavy atom. The molecule has 36 heavy (non-hydrogen) atoms. The van der Waals surface area contributed by atoms with E-state index in [4.69, 9.17) is 27.9 Å². The van der Waals surface area contributed by atoms with Gasteiger partial charge in [-0.3, -0.25) is 9.59 Å². The largest absolute Gasteiger partial charge is 0.484 e.